The summed E-state index contributed by atoms with van der Waals surface area (Å²) in [7, 11) is 0. The summed E-state index contributed by atoms with van der Waals surface area (Å²) in [6.45, 7) is 2.13. The van der Waals surface area contributed by atoms with Gasteiger partial charge in [-0.05, 0) is 6.42 Å². The van der Waals surface area contributed by atoms with Crippen LogP contribution in [0, 0.1) is 0 Å². The zero-order valence-corrected chi connectivity index (χ0v) is 5.97. The fourth-order valence-electron chi connectivity index (χ4n) is 0.698. The summed E-state index contributed by atoms with van der Waals surface area (Å²) in [6.07, 6.45) is 5.11. The predicted octanol–water partition coefficient (Wildman–Crippen LogP) is 1.09. The van der Waals surface area contributed by atoms with Gasteiger partial charge in [0.1, 0.15) is 6.29 Å². The highest BCUT2D eigenvalue weighted by molar-refractivity contribution is 5.56. The Morgan fingerprint density at radius 2 is 2.22 bits per heavy atom. The molecule has 0 aromatic rings. The van der Waals surface area contributed by atoms with Crippen molar-refractivity contribution in [1.82, 2.24) is 0 Å². The van der Waals surface area contributed by atoms with E-state index in [2.05, 4.69) is 6.92 Å². The lowest BCUT2D eigenvalue weighted by molar-refractivity contribution is -0.109. The zero-order valence-electron chi connectivity index (χ0n) is 5.97. The van der Waals surface area contributed by atoms with Crippen LogP contribution in [0.5, 0.6) is 0 Å². The van der Waals surface area contributed by atoms with Crippen LogP contribution in [-0.2, 0) is 4.79 Å². The van der Waals surface area contributed by atoms with E-state index < -0.39 is 0 Å². The Kier molecular flexibility index (Phi) is 5.52. The minimum Gasteiger partial charge on any atom is -0.322 e. The summed E-state index contributed by atoms with van der Waals surface area (Å²) in [5, 5.41) is 0. The average Bonchev–Trinajstić information content (AvgIpc) is 1.89. The number of rotatable bonds is 5. The first kappa shape index (κ1) is 8.63. The second-order valence-corrected chi connectivity index (χ2v) is 2.30. The van der Waals surface area contributed by atoms with Gasteiger partial charge in [0.25, 0.3) is 0 Å². The maximum absolute atomic E-state index is 9.97. The first-order valence-electron chi connectivity index (χ1n) is 3.52. The topological polar surface area (TPSA) is 43.1 Å². The minimum atomic E-state index is -0.225. The van der Waals surface area contributed by atoms with Gasteiger partial charge in [-0.1, -0.05) is 26.2 Å². The van der Waals surface area contributed by atoms with E-state index in [-0.39, 0.29) is 6.04 Å². The molecule has 9 heavy (non-hydrogen) atoms. The number of nitrogens with two attached hydrogens (primary N) is 1. The summed E-state index contributed by atoms with van der Waals surface area (Å²) in [4.78, 5) is 9.97. The van der Waals surface area contributed by atoms with Gasteiger partial charge < -0.3 is 10.5 Å². The molecule has 0 saturated heterocycles. The highest BCUT2D eigenvalue weighted by atomic mass is 16.1. The third-order valence-corrected chi connectivity index (χ3v) is 1.32. The van der Waals surface area contributed by atoms with Crippen LogP contribution in [0.25, 0.3) is 0 Å². The number of carbonyl (C=O) groups excluding carboxylic acids is 1. The summed E-state index contributed by atoms with van der Waals surface area (Å²) in [5.41, 5.74) is 5.35. The highest BCUT2D eigenvalue weighted by Gasteiger charge is 1.96. The van der Waals surface area contributed by atoms with Gasteiger partial charge in [-0.25, -0.2) is 0 Å². The van der Waals surface area contributed by atoms with Crippen molar-refractivity contribution in [3.63, 3.8) is 0 Å². The smallest absolute Gasteiger partial charge is 0.136 e. The molecule has 0 fully saturated rings. The largest absolute Gasteiger partial charge is 0.322 e. The lowest BCUT2D eigenvalue weighted by Gasteiger charge is -2.00. The van der Waals surface area contributed by atoms with Gasteiger partial charge in [0.15, 0.2) is 0 Å². The molecule has 2 N–H and O–H groups in total. The molecular weight excluding hydrogens is 114 g/mol. The van der Waals surface area contributed by atoms with E-state index in [4.69, 9.17) is 5.73 Å². The van der Waals surface area contributed by atoms with Gasteiger partial charge in [-0.15, -0.1) is 0 Å². The maximum Gasteiger partial charge on any atom is 0.136 e. The summed E-state index contributed by atoms with van der Waals surface area (Å²) < 4.78 is 0. The Bertz CT molecular complexity index is 73.3. The van der Waals surface area contributed by atoms with Crippen molar-refractivity contribution in [3.8, 4) is 0 Å². The average molecular weight is 129 g/mol. The molecule has 0 aromatic carbocycles. The lowest BCUT2D eigenvalue weighted by atomic mass is 10.1. The molecule has 0 heterocycles. The van der Waals surface area contributed by atoms with E-state index in [0.29, 0.717) is 0 Å². The van der Waals surface area contributed by atoms with Crippen molar-refractivity contribution in [2.24, 2.45) is 5.73 Å². The van der Waals surface area contributed by atoms with Crippen LogP contribution < -0.4 is 5.73 Å². The molecule has 2 heteroatoms. The van der Waals surface area contributed by atoms with Gasteiger partial charge in [0.05, 0.1) is 6.04 Å². The lowest BCUT2D eigenvalue weighted by Crippen LogP contribution is -2.20. The molecule has 0 rings (SSSR count). The van der Waals surface area contributed by atoms with E-state index in [9.17, 15) is 4.79 Å². The first-order chi connectivity index (χ1) is 4.31. The number of hydrogen-bond donors (Lipinski definition) is 1. The van der Waals surface area contributed by atoms with Gasteiger partial charge in [0.2, 0.25) is 0 Å². The van der Waals surface area contributed by atoms with Crippen molar-refractivity contribution < 1.29 is 4.79 Å². The third kappa shape index (κ3) is 5.50. The summed E-state index contributed by atoms with van der Waals surface area (Å²) in [5.74, 6) is 0. The van der Waals surface area contributed by atoms with Crippen molar-refractivity contribution in [1.29, 1.82) is 0 Å². The molecule has 0 aliphatic heterocycles. The molecule has 0 radical (unpaired) electrons. The van der Waals surface area contributed by atoms with Crippen LogP contribution >= 0.6 is 0 Å². The number of aldehydes is 1. The molecule has 2 nitrogen and oxygen atoms in total. The Labute approximate surface area is 56.4 Å². The van der Waals surface area contributed by atoms with Gasteiger partial charge in [-0.3, -0.25) is 0 Å². The molecule has 0 spiro atoms. The van der Waals surface area contributed by atoms with E-state index in [1.54, 1.807) is 0 Å². The van der Waals surface area contributed by atoms with Crippen LogP contribution in [0.1, 0.15) is 32.6 Å². The normalized spacial score (nSPS) is 13.1. The fourth-order valence-corrected chi connectivity index (χ4v) is 0.698. The molecule has 0 saturated carbocycles. The summed E-state index contributed by atoms with van der Waals surface area (Å²) in [6, 6.07) is -0.225. The van der Waals surface area contributed by atoms with Crippen molar-refractivity contribution >= 4 is 6.29 Å². The van der Waals surface area contributed by atoms with Gasteiger partial charge in [-0.2, -0.15) is 0 Å². The quantitative estimate of drug-likeness (QED) is 0.446. The Hall–Kier alpha value is -0.370. The molecule has 0 bridgehead atoms. The maximum atomic E-state index is 9.97. The monoisotopic (exact) mass is 129 g/mol. The van der Waals surface area contributed by atoms with E-state index in [0.717, 1.165) is 19.1 Å². The van der Waals surface area contributed by atoms with Crippen LogP contribution in [0.4, 0.5) is 0 Å². The molecule has 0 aliphatic carbocycles. The first-order valence-corrected chi connectivity index (χ1v) is 3.52. The molecular formula is C7H15NO. The van der Waals surface area contributed by atoms with Gasteiger partial charge in [0, 0.05) is 0 Å². The number of unbranched alkanes of at least 4 members (excludes halogenated alkanes) is 2. The number of hydrogen-bond acceptors (Lipinski definition) is 2. The third-order valence-electron chi connectivity index (χ3n) is 1.32. The van der Waals surface area contributed by atoms with Crippen LogP contribution in [0.3, 0.4) is 0 Å². The van der Waals surface area contributed by atoms with E-state index in [1.165, 1.54) is 12.8 Å². The van der Waals surface area contributed by atoms with Crippen molar-refractivity contribution in [2.75, 3.05) is 0 Å². The Morgan fingerprint density at radius 1 is 1.56 bits per heavy atom. The molecule has 0 aliphatic rings. The van der Waals surface area contributed by atoms with Gasteiger partial charge >= 0.3 is 0 Å². The molecule has 1 atom stereocenters. The fraction of sp³-hybridized carbons (Fsp3) is 0.857. The molecule has 0 amide bonds. The SMILES string of the molecule is CCCCC[C@@H](N)C=O. The predicted molar refractivity (Wildman–Crippen MR) is 38.2 cm³/mol. The molecule has 0 unspecified atom stereocenters. The summed E-state index contributed by atoms with van der Waals surface area (Å²) >= 11 is 0. The van der Waals surface area contributed by atoms with Crippen LogP contribution in [-0.4, -0.2) is 12.3 Å². The Morgan fingerprint density at radius 3 is 2.67 bits per heavy atom. The van der Waals surface area contributed by atoms with Crippen LogP contribution in [0.2, 0.25) is 0 Å². The number of carbonyl (C=O) groups is 1. The molecule has 0 aromatic heterocycles. The second-order valence-electron chi connectivity index (χ2n) is 2.30. The minimum absolute atomic E-state index is 0.225. The zero-order chi connectivity index (χ0) is 7.11. The molecule has 54 valence electrons. The standard InChI is InChI=1S/C7H15NO/c1-2-3-4-5-7(8)6-9/h6-7H,2-5,8H2,1H3/t7-/m1/s1. The van der Waals surface area contributed by atoms with Crippen molar-refractivity contribution in [2.45, 2.75) is 38.6 Å². The van der Waals surface area contributed by atoms with E-state index in [1.807, 2.05) is 0 Å². The highest BCUT2D eigenvalue weighted by Crippen LogP contribution is 1.99. The van der Waals surface area contributed by atoms with Crippen molar-refractivity contribution in [3.05, 3.63) is 0 Å². The van der Waals surface area contributed by atoms with Crippen LogP contribution in [0.15, 0.2) is 0 Å². The second kappa shape index (κ2) is 5.76. The Balaban J connectivity index is 2.96. The van der Waals surface area contributed by atoms with E-state index >= 15 is 0 Å².